The first-order valence-electron chi connectivity index (χ1n) is 9.54. The first-order chi connectivity index (χ1) is 13.7. The lowest BCUT2D eigenvalue weighted by molar-refractivity contribution is 0.0633. The van der Waals surface area contributed by atoms with Crippen molar-refractivity contribution >= 4 is 21.8 Å². The Morgan fingerprint density at radius 3 is 2.36 bits per heavy atom. The normalized spacial score (nSPS) is 15.0. The van der Waals surface area contributed by atoms with Gasteiger partial charge in [-0.1, -0.05) is 46.3 Å². The molecule has 1 aliphatic heterocycles. The van der Waals surface area contributed by atoms with Crippen molar-refractivity contribution in [1.82, 2.24) is 19.4 Å². The summed E-state index contributed by atoms with van der Waals surface area (Å²) in [5, 5.41) is 0. The number of carbonyl (C=O) groups excluding carboxylic acids is 1. The minimum Gasteiger partial charge on any atom is -0.336 e. The highest BCUT2D eigenvalue weighted by Crippen LogP contribution is 2.17. The molecule has 0 N–H and O–H groups in total. The van der Waals surface area contributed by atoms with Crippen LogP contribution in [-0.4, -0.2) is 58.0 Å². The Hall–Kier alpha value is -2.44. The summed E-state index contributed by atoms with van der Waals surface area (Å²) in [5.74, 6) is 1.12. The van der Waals surface area contributed by atoms with Gasteiger partial charge in [0.05, 0.1) is 0 Å². The van der Waals surface area contributed by atoms with E-state index in [9.17, 15) is 4.79 Å². The van der Waals surface area contributed by atoms with E-state index in [1.807, 2.05) is 59.8 Å². The van der Waals surface area contributed by atoms with Gasteiger partial charge in [0, 0.05) is 67.3 Å². The van der Waals surface area contributed by atoms with E-state index in [1.54, 1.807) is 0 Å². The minimum absolute atomic E-state index is 0.119. The SMILES string of the molecule is O=C(c1ccc(Br)cc1)N1CCN(CCn2ccnc2-c2ccccc2)CC1. The molecule has 2 heterocycles. The highest BCUT2D eigenvalue weighted by Gasteiger charge is 2.22. The van der Waals surface area contributed by atoms with Crippen LogP contribution in [0.4, 0.5) is 0 Å². The molecule has 5 nitrogen and oxygen atoms in total. The lowest BCUT2D eigenvalue weighted by Gasteiger charge is -2.35. The van der Waals surface area contributed by atoms with Gasteiger partial charge in [0.2, 0.25) is 0 Å². The van der Waals surface area contributed by atoms with E-state index in [0.29, 0.717) is 0 Å². The van der Waals surface area contributed by atoms with E-state index in [0.717, 1.165) is 60.7 Å². The van der Waals surface area contributed by atoms with Gasteiger partial charge in [0.15, 0.2) is 0 Å². The fourth-order valence-electron chi connectivity index (χ4n) is 3.54. The molecule has 1 amide bonds. The van der Waals surface area contributed by atoms with Crippen LogP contribution in [0.15, 0.2) is 71.5 Å². The summed E-state index contributed by atoms with van der Waals surface area (Å²) in [5.41, 5.74) is 1.89. The number of piperazine rings is 1. The molecule has 0 unspecified atom stereocenters. The highest BCUT2D eigenvalue weighted by atomic mass is 79.9. The molecule has 1 fully saturated rings. The molecule has 1 saturated heterocycles. The summed E-state index contributed by atoms with van der Waals surface area (Å²) < 4.78 is 3.19. The van der Waals surface area contributed by atoms with Crippen LogP contribution in [0.1, 0.15) is 10.4 Å². The highest BCUT2D eigenvalue weighted by molar-refractivity contribution is 9.10. The number of amides is 1. The molecule has 1 aromatic heterocycles. The Kier molecular flexibility index (Phi) is 5.88. The van der Waals surface area contributed by atoms with E-state index < -0.39 is 0 Å². The molecular formula is C22H23BrN4O. The molecule has 3 aromatic rings. The molecule has 0 radical (unpaired) electrons. The predicted molar refractivity (Wildman–Crippen MR) is 114 cm³/mol. The number of benzene rings is 2. The molecule has 0 bridgehead atoms. The Bertz CT molecular complexity index is 915. The number of nitrogens with zero attached hydrogens (tertiary/aromatic N) is 4. The van der Waals surface area contributed by atoms with Gasteiger partial charge in [-0.2, -0.15) is 0 Å². The van der Waals surface area contributed by atoms with Crippen molar-refractivity contribution in [3.05, 3.63) is 77.0 Å². The molecule has 0 atom stereocenters. The van der Waals surface area contributed by atoms with Gasteiger partial charge in [-0.3, -0.25) is 9.69 Å². The molecular weight excluding hydrogens is 416 g/mol. The Morgan fingerprint density at radius 2 is 1.64 bits per heavy atom. The number of hydrogen-bond acceptors (Lipinski definition) is 3. The number of rotatable bonds is 5. The zero-order valence-electron chi connectivity index (χ0n) is 15.7. The van der Waals surface area contributed by atoms with Crippen molar-refractivity contribution in [1.29, 1.82) is 0 Å². The topological polar surface area (TPSA) is 41.4 Å². The van der Waals surface area contributed by atoms with Crippen LogP contribution in [0.3, 0.4) is 0 Å². The molecule has 144 valence electrons. The fraction of sp³-hybridized carbons (Fsp3) is 0.273. The zero-order chi connectivity index (χ0) is 19.3. The fourth-order valence-corrected chi connectivity index (χ4v) is 3.80. The molecule has 4 rings (SSSR count). The maximum Gasteiger partial charge on any atom is 0.253 e. The van der Waals surface area contributed by atoms with Crippen LogP contribution in [-0.2, 0) is 6.54 Å². The Morgan fingerprint density at radius 1 is 0.929 bits per heavy atom. The van der Waals surface area contributed by atoms with Gasteiger partial charge in [-0.15, -0.1) is 0 Å². The first-order valence-corrected chi connectivity index (χ1v) is 10.3. The van der Waals surface area contributed by atoms with Crippen molar-refractivity contribution < 1.29 is 4.79 Å². The van der Waals surface area contributed by atoms with Gasteiger partial charge in [-0.05, 0) is 24.3 Å². The van der Waals surface area contributed by atoms with Crippen molar-refractivity contribution in [2.45, 2.75) is 6.54 Å². The molecule has 0 aliphatic carbocycles. The van der Waals surface area contributed by atoms with Crippen molar-refractivity contribution in [3.8, 4) is 11.4 Å². The molecule has 2 aromatic carbocycles. The molecule has 0 spiro atoms. The second-order valence-corrected chi connectivity index (χ2v) is 7.87. The van der Waals surface area contributed by atoms with Crippen molar-refractivity contribution in [2.75, 3.05) is 32.7 Å². The number of halogens is 1. The van der Waals surface area contributed by atoms with Crippen LogP contribution in [0.25, 0.3) is 11.4 Å². The van der Waals surface area contributed by atoms with Crippen molar-refractivity contribution in [2.24, 2.45) is 0 Å². The summed E-state index contributed by atoms with van der Waals surface area (Å²) in [6.07, 6.45) is 3.90. The zero-order valence-corrected chi connectivity index (χ0v) is 17.3. The Labute approximate surface area is 173 Å². The maximum absolute atomic E-state index is 12.6. The Balaban J connectivity index is 1.30. The average Bonchev–Trinajstić information content (AvgIpc) is 3.22. The van der Waals surface area contributed by atoms with Crippen LogP contribution < -0.4 is 0 Å². The molecule has 28 heavy (non-hydrogen) atoms. The van der Waals surface area contributed by atoms with Gasteiger partial charge in [0.25, 0.3) is 5.91 Å². The number of carbonyl (C=O) groups is 1. The predicted octanol–water partition coefficient (Wildman–Crippen LogP) is 3.77. The molecule has 0 saturated carbocycles. The number of aromatic nitrogens is 2. The van der Waals surface area contributed by atoms with E-state index in [2.05, 4.69) is 42.5 Å². The minimum atomic E-state index is 0.119. The second-order valence-electron chi connectivity index (χ2n) is 6.95. The van der Waals surface area contributed by atoms with Crippen molar-refractivity contribution in [3.63, 3.8) is 0 Å². The quantitative estimate of drug-likeness (QED) is 0.608. The molecule has 6 heteroatoms. The standard InChI is InChI=1S/C22H23BrN4O/c23-20-8-6-19(7-9-20)22(28)27-16-13-25(14-17-27)12-15-26-11-10-24-21(26)18-4-2-1-3-5-18/h1-11H,12-17H2. The lowest BCUT2D eigenvalue weighted by atomic mass is 10.2. The van der Waals surface area contributed by atoms with Crippen LogP contribution in [0.5, 0.6) is 0 Å². The van der Waals surface area contributed by atoms with E-state index >= 15 is 0 Å². The number of imidazole rings is 1. The largest absolute Gasteiger partial charge is 0.336 e. The van der Waals surface area contributed by atoms with Gasteiger partial charge in [-0.25, -0.2) is 4.98 Å². The summed E-state index contributed by atoms with van der Waals surface area (Å²) in [7, 11) is 0. The third-order valence-electron chi connectivity index (χ3n) is 5.16. The smallest absolute Gasteiger partial charge is 0.253 e. The van der Waals surface area contributed by atoms with Crippen LogP contribution in [0, 0.1) is 0 Å². The van der Waals surface area contributed by atoms with Crippen LogP contribution in [0.2, 0.25) is 0 Å². The second kappa shape index (κ2) is 8.71. The third-order valence-corrected chi connectivity index (χ3v) is 5.68. The monoisotopic (exact) mass is 438 g/mol. The maximum atomic E-state index is 12.6. The first kappa shape index (κ1) is 18.9. The van der Waals surface area contributed by atoms with Gasteiger partial charge >= 0.3 is 0 Å². The third kappa shape index (κ3) is 4.34. The van der Waals surface area contributed by atoms with E-state index in [4.69, 9.17) is 0 Å². The van der Waals surface area contributed by atoms with Crippen LogP contribution >= 0.6 is 15.9 Å². The lowest BCUT2D eigenvalue weighted by Crippen LogP contribution is -2.49. The summed E-state index contributed by atoms with van der Waals surface area (Å²) in [6, 6.07) is 17.9. The summed E-state index contributed by atoms with van der Waals surface area (Å²) in [4.78, 5) is 21.5. The molecule has 1 aliphatic rings. The summed E-state index contributed by atoms with van der Waals surface area (Å²) >= 11 is 3.41. The van der Waals surface area contributed by atoms with E-state index in [-0.39, 0.29) is 5.91 Å². The summed E-state index contributed by atoms with van der Waals surface area (Å²) in [6.45, 7) is 5.19. The van der Waals surface area contributed by atoms with Gasteiger partial charge < -0.3 is 9.47 Å². The van der Waals surface area contributed by atoms with E-state index in [1.165, 1.54) is 0 Å². The average molecular weight is 439 g/mol. The number of hydrogen-bond donors (Lipinski definition) is 0. The van der Waals surface area contributed by atoms with Gasteiger partial charge in [0.1, 0.15) is 5.82 Å².